The lowest BCUT2D eigenvalue weighted by atomic mass is 10.1. The summed E-state index contributed by atoms with van der Waals surface area (Å²) in [6.45, 7) is 0. The van der Waals surface area contributed by atoms with Crippen molar-refractivity contribution in [3.05, 3.63) is 48.3 Å². The molecular weight excluding hydrogens is 254 g/mol. The quantitative estimate of drug-likeness (QED) is 0.764. The summed E-state index contributed by atoms with van der Waals surface area (Å²) in [5.41, 5.74) is 8.75. The number of imidazole rings is 1. The number of nitrogens with two attached hydrogens (primary N) is 1. The van der Waals surface area contributed by atoms with Gasteiger partial charge in [0.15, 0.2) is 5.82 Å². The zero-order valence-electron chi connectivity index (χ0n) is 10.9. The zero-order valence-corrected chi connectivity index (χ0v) is 10.9. The van der Waals surface area contributed by atoms with E-state index >= 15 is 0 Å². The molecule has 5 nitrogen and oxygen atoms in total. The molecule has 1 heterocycles. The smallest absolute Gasteiger partial charge is 0.284 e. The number of hydrogen-bond acceptors (Lipinski definition) is 3. The minimum atomic E-state index is -0.566. The number of hydrogen-bond donors (Lipinski definition) is 2. The molecule has 3 rings (SSSR count). The fourth-order valence-corrected chi connectivity index (χ4v) is 2.11. The van der Waals surface area contributed by atoms with Crippen LogP contribution in [0.4, 0.5) is 0 Å². The summed E-state index contributed by atoms with van der Waals surface area (Å²) < 4.78 is 5.22. The van der Waals surface area contributed by atoms with Crippen molar-refractivity contribution >= 4 is 16.9 Å². The molecule has 3 aromatic rings. The molecule has 0 atom stereocenters. The van der Waals surface area contributed by atoms with E-state index in [1.165, 1.54) is 0 Å². The van der Waals surface area contributed by atoms with Gasteiger partial charge in [-0.2, -0.15) is 0 Å². The fourth-order valence-electron chi connectivity index (χ4n) is 2.11. The maximum Gasteiger partial charge on any atom is 0.284 e. The molecule has 0 unspecified atom stereocenters. The van der Waals surface area contributed by atoms with Gasteiger partial charge in [-0.15, -0.1) is 0 Å². The molecule has 0 bridgehead atoms. The number of fused-ring (bicyclic) bond motifs is 1. The lowest BCUT2D eigenvalue weighted by molar-refractivity contribution is 0.0991. The van der Waals surface area contributed by atoms with Crippen LogP contribution >= 0.6 is 0 Å². The first-order chi connectivity index (χ1) is 9.67. The van der Waals surface area contributed by atoms with Crippen LogP contribution in [0.5, 0.6) is 5.75 Å². The van der Waals surface area contributed by atoms with Gasteiger partial charge >= 0.3 is 0 Å². The molecule has 0 radical (unpaired) electrons. The Balaban J connectivity index is 2.09. The number of benzene rings is 2. The van der Waals surface area contributed by atoms with E-state index in [1.54, 1.807) is 7.11 Å². The lowest BCUT2D eigenvalue weighted by Crippen LogP contribution is -2.12. The molecule has 2 aromatic carbocycles. The van der Waals surface area contributed by atoms with Gasteiger partial charge in [-0.3, -0.25) is 4.79 Å². The second-order valence-electron chi connectivity index (χ2n) is 4.41. The van der Waals surface area contributed by atoms with Gasteiger partial charge in [0.25, 0.3) is 5.91 Å². The lowest BCUT2D eigenvalue weighted by Gasteiger charge is -2.04. The van der Waals surface area contributed by atoms with Crippen LogP contribution in [0, 0.1) is 0 Å². The van der Waals surface area contributed by atoms with E-state index in [4.69, 9.17) is 10.5 Å². The Morgan fingerprint density at radius 2 is 2.00 bits per heavy atom. The Bertz CT molecular complexity index is 793. The van der Waals surface area contributed by atoms with Crippen molar-refractivity contribution in [1.82, 2.24) is 9.97 Å². The predicted molar refractivity (Wildman–Crippen MR) is 76.6 cm³/mol. The van der Waals surface area contributed by atoms with Crippen molar-refractivity contribution < 1.29 is 9.53 Å². The molecule has 1 amide bonds. The second-order valence-corrected chi connectivity index (χ2v) is 4.41. The third-order valence-corrected chi connectivity index (χ3v) is 3.12. The molecular formula is C15H13N3O2. The number of H-pyrrole nitrogens is 1. The maximum atomic E-state index is 11.1. The molecule has 5 heteroatoms. The molecule has 0 saturated heterocycles. The first kappa shape index (κ1) is 12.2. The van der Waals surface area contributed by atoms with Crippen LogP contribution < -0.4 is 10.5 Å². The molecule has 0 fully saturated rings. The van der Waals surface area contributed by atoms with Gasteiger partial charge < -0.3 is 15.5 Å². The maximum absolute atomic E-state index is 11.1. The van der Waals surface area contributed by atoms with Crippen LogP contribution in [-0.4, -0.2) is 23.0 Å². The summed E-state index contributed by atoms with van der Waals surface area (Å²) in [4.78, 5) is 18.2. The van der Waals surface area contributed by atoms with Crippen LogP contribution in [0.25, 0.3) is 22.2 Å². The van der Waals surface area contributed by atoms with Crippen molar-refractivity contribution in [3.8, 4) is 16.9 Å². The summed E-state index contributed by atoms with van der Waals surface area (Å²) in [7, 11) is 1.64. The first-order valence-corrected chi connectivity index (χ1v) is 6.11. The summed E-state index contributed by atoms with van der Waals surface area (Å²) in [6.07, 6.45) is 0. The normalized spacial score (nSPS) is 10.7. The van der Waals surface area contributed by atoms with Crippen molar-refractivity contribution in [2.24, 2.45) is 5.73 Å². The van der Waals surface area contributed by atoms with Gasteiger partial charge in [0.1, 0.15) is 5.75 Å². The van der Waals surface area contributed by atoms with E-state index in [2.05, 4.69) is 9.97 Å². The third-order valence-electron chi connectivity index (χ3n) is 3.12. The Labute approximate surface area is 115 Å². The first-order valence-electron chi connectivity index (χ1n) is 6.11. The Hall–Kier alpha value is -2.82. The number of ether oxygens (including phenoxy) is 1. The summed E-state index contributed by atoms with van der Waals surface area (Å²) in [5.74, 6) is 0.400. The topological polar surface area (TPSA) is 81.0 Å². The van der Waals surface area contributed by atoms with E-state index in [0.717, 1.165) is 22.4 Å². The van der Waals surface area contributed by atoms with Crippen LogP contribution in [0.2, 0.25) is 0 Å². The summed E-state index contributed by atoms with van der Waals surface area (Å²) in [5, 5.41) is 0. The van der Waals surface area contributed by atoms with Gasteiger partial charge in [0.05, 0.1) is 18.1 Å². The predicted octanol–water partition coefficient (Wildman–Crippen LogP) is 2.34. The number of primary amides is 1. The summed E-state index contributed by atoms with van der Waals surface area (Å²) in [6, 6.07) is 13.5. The van der Waals surface area contributed by atoms with E-state index in [1.807, 2.05) is 42.5 Å². The van der Waals surface area contributed by atoms with Crippen molar-refractivity contribution in [1.29, 1.82) is 0 Å². The van der Waals surface area contributed by atoms with Crippen LogP contribution in [0.1, 0.15) is 10.6 Å². The molecule has 0 spiro atoms. The van der Waals surface area contributed by atoms with E-state index in [9.17, 15) is 4.79 Å². The fraction of sp³-hybridized carbons (Fsp3) is 0.0667. The molecule has 1 aromatic heterocycles. The van der Waals surface area contributed by atoms with E-state index < -0.39 is 5.91 Å². The van der Waals surface area contributed by atoms with E-state index in [0.29, 0.717) is 5.52 Å². The zero-order chi connectivity index (χ0) is 14.1. The molecule has 0 aliphatic rings. The van der Waals surface area contributed by atoms with Crippen LogP contribution in [0.15, 0.2) is 42.5 Å². The van der Waals surface area contributed by atoms with Gasteiger partial charge in [-0.1, -0.05) is 18.2 Å². The number of nitrogens with zero attached hydrogens (tertiary/aromatic N) is 1. The number of rotatable bonds is 3. The largest absolute Gasteiger partial charge is 0.497 e. The summed E-state index contributed by atoms with van der Waals surface area (Å²) >= 11 is 0. The average Bonchev–Trinajstić information content (AvgIpc) is 2.90. The number of nitrogens with one attached hydrogen (secondary N) is 1. The molecule has 0 saturated carbocycles. The molecule has 100 valence electrons. The van der Waals surface area contributed by atoms with Crippen LogP contribution in [0.3, 0.4) is 0 Å². The van der Waals surface area contributed by atoms with Gasteiger partial charge in [0, 0.05) is 0 Å². The number of aromatic amines is 1. The number of aromatic nitrogens is 2. The average molecular weight is 267 g/mol. The highest BCUT2D eigenvalue weighted by Crippen LogP contribution is 2.26. The highest BCUT2D eigenvalue weighted by Gasteiger charge is 2.08. The minimum absolute atomic E-state index is 0.169. The van der Waals surface area contributed by atoms with Crippen molar-refractivity contribution in [3.63, 3.8) is 0 Å². The SMILES string of the molecule is COc1cccc(-c2ccc3nc(C(N)=O)[nH]c3c2)c1. The second kappa shape index (κ2) is 4.70. The molecule has 0 aliphatic carbocycles. The van der Waals surface area contributed by atoms with Gasteiger partial charge in [-0.05, 0) is 35.4 Å². The van der Waals surface area contributed by atoms with Crippen LogP contribution in [-0.2, 0) is 0 Å². The Morgan fingerprint density at radius 3 is 2.75 bits per heavy atom. The van der Waals surface area contributed by atoms with Gasteiger partial charge in [-0.25, -0.2) is 4.98 Å². The van der Waals surface area contributed by atoms with Gasteiger partial charge in [0.2, 0.25) is 0 Å². The van der Waals surface area contributed by atoms with E-state index in [-0.39, 0.29) is 5.82 Å². The third kappa shape index (κ3) is 2.09. The number of carbonyl (C=O) groups is 1. The highest BCUT2D eigenvalue weighted by atomic mass is 16.5. The standard InChI is InChI=1S/C15H13N3O2/c1-20-11-4-2-3-9(7-11)10-5-6-12-13(8-10)18-15(17-12)14(16)19/h2-8H,1H3,(H2,16,19)(H,17,18). The molecule has 20 heavy (non-hydrogen) atoms. The molecule has 3 N–H and O–H groups in total. The van der Waals surface area contributed by atoms with Crippen molar-refractivity contribution in [2.75, 3.05) is 7.11 Å². The minimum Gasteiger partial charge on any atom is -0.497 e. The monoisotopic (exact) mass is 267 g/mol. The Morgan fingerprint density at radius 1 is 1.20 bits per heavy atom. The number of amides is 1. The number of methoxy groups -OCH3 is 1. The Kier molecular flexibility index (Phi) is 2.87. The molecule has 0 aliphatic heterocycles. The number of carbonyl (C=O) groups excluding carboxylic acids is 1. The van der Waals surface area contributed by atoms with Crippen molar-refractivity contribution in [2.45, 2.75) is 0 Å². The highest BCUT2D eigenvalue weighted by molar-refractivity contribution is 5.93.